The maximum Gasteiger partial charge on any atom is 0.271 e. The fraction of sp³-hybridized carbons (Fsp3) is 0.300. The van der Waals surface area contributed by atoms with Crippen molar-refractivity contribution in [2.45, 2.75) is 6.42 Å². The molecule has 1 N–H and O–H groups in total. The first-order chi connectivity index (χ1) is 14.3. The molecule has 2 aromatic rings. The van der Waals surface area contributed by atoms with Crippen LogP contribution in [0, 0.1) is 15.9 Å². The van der Waals surface area contributed by atoms with Crippen LogP contribution < -0.4 is 10.2 Å². The summed E-state index contributed by atoms with van der Waals surface area (Å²) in [5.41, 5.74) is 0.962. The normalized spacial score (nSPS) is 13.8. The maximum absolute atomic E-state index is 13.3. The van der Waals surface area contributed by atoms with E-state index in [1.807, 2.05) is 11.0 Å². The molecule has 1 saturated heterocycles. The Balaban J connectivity index is 1.46. The fourth-order valence-corrected chi connectivity index (χ4v) is 3.65. The number of anilines is 1. The number of hydrogen-bond acceptors (Lipinski definition) is 5. The lowest BCUT2D eigenvalue weighted by Crippen LogP contribution is -2.49. The summed E-state index contributed by atoms with van der Waals surface area (Å²) < 4.78 is 13.8. The van der Waals surface area contributed by atoms with Gasteiger partial charge in [-0.2, -0.15) is 0 Å². The zero-order chi connectivity index (χ0) is 21.7. The largest absolute Gasteiger partial charge is 0.368 e. The van der Waals surface area contributed by atoms with Gasteiger partial charge in [0.25, 0.3) is 11.6 Å². The topological polar surface area (TPSA) is 95.8 Å². The number of non-ortho nitro benzene ring substituents is 1. The zero-order valence-corrected chi connectivity index (χ0v) is 17.6. The number of amides is 2. The third kappa shape index (κ3) is 5.32. The number of carbonyl (C=O) groups excluding carboxylic acids is 2. The summed E-state index contributed by atoms with van der Waals surface area (Å²) in [6, 6.07) is 10.3. The van der Waals surface area contributed by atoms with Gasteiger partial charge in [-0.3, -0.25) is 19.7 Å². The molecule has 0 unspecified atom stereocenters. The molecule has 1 aliphatic rings. The minimum absolute atomic E-state index is 0.0340. The lowest BCUT2D eigenvalue weighted by atomic mass is 10.2. The molecule has 0 atom stereocenters. The molecule has 0 radical (unpaired) electrons. The summed E-state index contributed by atoms with van der Waals surface area (Å²) in [6.45, 7) is 2.26. The van der Waals surface area contributed by atoms with Crippen molar-refractivity contribution >= 4 is 39.1 Å². The van der Waals surface area contributed by atoms with Gasteiger partial charge < -0.3 is 15.1 Å². The van der Waals surface area contributed by atoms with Crippen LogP contribution in [0.5, 0.6) is 0 Å². The third-order valence-electron chi connectivity index (χ3n) is 4.84. The summed E-state index contributed by atoms with van der Waals surface area (Å²) in [4.78, 5) is 38.8. The van der Waals surface area contributed by atoms with E-state index in [-0.39, 0.29) is 30.1 Å². The van der Waals surface area contributed by atoms with Gasteiger partial charge in [-0.05, 0) is 40.2 Å². The molecular weight excluding hydrogens is 459 g/mol. The Morgan fingerprint density at radius 2 is 1.87 bits per heavy atom. The van der Waals surface area contributed by atoms with Crippen molar-refractivity contribution in [2.75, 3.05) is 37.6 Å². The van der Waals surface area contributed by atoms with Gasteiger partial charge in [0.15, 0.2) is 0 Å². The van der Waals surface area contributed by atoms with E-state index in [0.717, 1.165) is 11.8 Å². The van der Waals surface area contributed by atoms with Crippen LogP contribution in [-0.2, 0) is 4.79 Å². The quantitative estimate of drug-likeness (QED) is 0.508. The van der Waals surface area contributed by atoms with Crippen molar-refractivity contribution in [2.24, 2.45) is 0 Å². The summed E-state index contributed by atoms with van der Waals surface area (Å²) in [5.74, 6) is -1.06. The zero-order valence-electron chi connectivity index (χ0n) is 16.0. The van der Waals surface area contributed by atoms with Gasteiger partial charge >= 0.3 is 0 Å². The Morgan fingerprint density at radius 3 is 2.57 bits per heavy atom. The highest BCUT2D eigenvalue weighted by molar-refractivity contribution is 9.10. The van der Waals surface area contributed by atoms with E-state index in [9.17, 15) is 24.1 Å². The summed E-state index contributed by atoms with van der Waals surface area (Å²) >= 11 is 3.21. The van der Waals surface area contributed by atoms with Gasteiger partial charge in [-0.15, -0.1) is 0 Å². The highest BCUT2D eigenvalue weighted by Gasteiger charge is 2.22. The van der Waals surface area contributed by atoms with Crippen LogP contribution in [0.2, 0.25) is 0 Å². The average Bonchev–Trinajstić information content (AvgIpc) is 2.75. The molecule has 1 heterocycles. The molecule has 8 nitrogen and oxygen atoms in total. The van der Waals surface area contributed by atoms with E-state index in [0.29, 0.717) is 30.7 Å². The summed E-state index contributed by atoms with van der Waals surface area (Å²) in [5, 5.41) is 13.6. The molecule has 0 spiro atoms. The molecule has 1 aliphatic heterocycles. The van der Waals surface area contributed by atoms with Gasteiger partial charge in [0, 0.05) is 61.4 Å². The van der Waals surface area contributed by atoms with Crippen LogP contribution in [0.4, 0.5) is 15.8 Å². The molecule has 0 aromatic heterocycles. The molecule has 2 amide bonds. The second-order valence-corrected chi connectivity index (χ2v) is 7.63. The summed E-state index contributed by atoms with van der Waals surface area (Å²) in [6.07, 6.45) is 0.134. The Kier molecular flexibility index (Phi) is 6.99. The van der Waals surface area contributed by atoms with Crippen LogP contribution in [0.3, 0.4) is 0 Å². The first kappa shape index (κ1) is 21.7. The van der Waals surface area contributed by atoms with Crippen LogP contribution >= 0.6 is 15.9 Å². The van der Waals surface area contributed by atoms with Gasteiger partial charge in [-0.25, -0.2) is 4.39 Å². The molecule has 1 fully saturated rings. The van der Waals surface area contributed by atoms with Crippen molar-refractivity contribution in [1.82, 2.24) is 10.2 Å². The van der Waals surface area contributed by atoms with E-state index < -0.39 is 16.6 Å². The lowest BCUT2D eigenvalue weighted by Gasteiger charge is -2.36. The van der Waals surface area contributed by atoms with Gasteiger partial charge in [0.2, 0.25) is 5.91 Å². The van der Waals surface area contributed by atoms with Crippen molar-refractivity contribution in [3.63, 3.8) is 0 Å². The van der Waals surface area contributed by atoms with Crippen LogP contribution in [0.25, 0.3) is 0 Å². The number of nitrogens with one attached hydrogen (secondary N) is 1. The monoisotopic (exact) mass is 478 g/mol. The molecule has 2 aromatic carbocycles. The predicted molar refractivity (Wildman–Crippen MR) is 113 cm³/mol. The molecular formula is C20H20BrFN4O4. The number of carbonyl (C=O) groups is 2. The smallest absolute Gasteiger partial charge is 0.271 e. The number of nitrogens with zero attached hydrogens (tertiary/aromatic N) is 3. The van der Waals surface area contributed by atoms with E-state index in [1.165, 1.54) is 24.3 Å². The average molecular weight is 479 g/mol. The molecule has 10 heteroatoms. The van der Waals surface area contributed by atoms with E-state index in [4.69, 9.17) is 0 Å². The highest BCUT2D eigenvalue weighted by atomic mass is 79.9. The number of benzene rings is 2. The van der Waals surface area contributed by atoms with Crippen molar-refractivity contribution in [1.29, 1.82) is 0 Å². The van der Waals surface area contributed by atoms with Crippen molar-refractivity contribution in [3.8, 4) is 0 Å². The molecule has 0 bridgehead atoms. The number of rotatable bonds is 6. The first-order valence-electron chi connectivity index (χ1n) is 9.35. The van der Waals surface area contributed by atoms with Crippen LogP contribution in [0.15, 0.2) is 46.9 Å². The van der Waals surface area contributed by atoms with E-state index >= 15 is 0 Å². The fourth-order valence-electron chi connectivity index (χ4n) is 3.23. The molecule has 158 valence electrons. The Labute approximate surface area is 180 Å². The Bertz CT molecular complexity index is 964. The Morgan fingerprint density at radius 1 is 1.13 bits per heavy atom. The predicted octanol–water partition coefficient (Wildman–Crippen LogP) is 2.97. The number of nitro groups is 1. The highest BCUT2D eigenvalue weighted by Crippen LogP contribution is 2.22. The van der Waals surface area contributed by atoms with Gasteiger partial charge in [0.1, 0.15) is 5.82 Å². The van der Waals surface area contributed by atoms with Crippen LogP contribution in [-0.4, -0.2) is 54.4 Å². The third-order valence-corrected chi connectivity index (χ3v) is 5.53. The molecule has 3 rings (SSSR count). The Hall–Kier alpha value is -3.01. The van der Waals surface area contributed by atoms with Crippen LogP contribution in [0.1, 0.15) is 16.8 Å². The number of piperazine rings is 1. The van der Waals surface area contributed by atoms with E-state index in [2.05, 4.69) is 21.2 Å². The molecule has 0 saturated carbocycles. The first-order valence-corrected chi connectivity index (χ1v) is 10.1. The minimum atomic E-state index is -0.513. The maximum atomic E-state index is 13.3. The van der Waals surface area contributed by atoms with Crippen molar-refractivity contribution < 1.29 is 18.9 Å². The minimum Gasteiger partial charge on any atom is -0.368 e. The van der Waals surface area contributed by atoms with Crippen molar-refractivity contribution in [3.05, 3.63) is 68.4 Å². The van der Waals surface area contributed by atoms with E-state index in [1.54, 1.807) is 11.0 Å². The lowest BCUT2D eigenvalue weighted by molar-refractivity contribution is -0.384. The number of nitro benzene ring substituents is 1. The molecule has 30 heavy (non-hydrogen) atoms. The van der Waals surface area contributed by atoms with Gasteiger partial charge in [0.05, 0.1) is 10.5 Å². The van der Waals surface area contributed by atoms with Gasteiger partial charge in [-0.1, -0.05) is 6.07 Å². The summed E-state index contributed by atoms with van der Waals surface area (Å²) in [7, 11) is 0. The standard InChI is InChI=1S/C20H20BrFN4O4/c21-18-5-4-14(22)12-17(18)20(28)23-7-6-19(27)25-10-8-24(9-11-25)15-2-1-3-16(13-15)26(29)30/h1-5,12-13H,6-11H2,(H,23,28). The second-order valence-electron chi connectivity index (χ2n) is 6.77. The SMILES string of the molecule is O=C(NCCC(=O)N1CCN(c2cccc([N+](=O)[O-])c2)CC1)c1cc(F)ccc1Br. The molecule has 0 aliphatic carbocycles. The second kappa shape index (κ2) is 9.66. The number of hydrogen-bond donors (Lipinski definition) is 1. The number of halogens is 2.